The molecule has 3 heterocycles. The van der Waals surface area contributed by atoms with Crippen molar-refractivity contribution in [1.29, 1.82) is 0 Å². The van der Waals surface area contributed by atoms with Crippen molar-refractivity contribution >= 4 is 17.9 Å². The molecule has 6 unspecified atom stereocenters. The van der Waals surface area contributed by atoms with Crippen LogP contribution in [0.25, 0.3) is 0 Å². The van der Waals surface area contributed by atoms with Gasteiger partial charge in [-0.05, 0) is 34.1 Å². The lowest BCUT2D eigenvalue weighted by Crippen LogP contribution is -2.54. The summed E-state index contributed by atoms with van der Waals surface area (Å²) in [6, 6.07) is 0. The Balaban J connectivity index is 1.87. The molecule has 0 N–H and O–H groups in total. The van der Waals surface area contributed by atoms with E-state index in [-0.39, 0.29) is 11.9 Å². The van der Waals surface area contributed by atoms with Crippen molar-refractivity contribution < 1.29 is 33.3 Å². The van der Waals surface area contributed by atoms with Crippen LogP contribution in [0.1, 0.15) is 48.0 Å². The van der Waals surface area contributed by atoms with E-state index in [9.17, 15) is 14.4 Å². The highest BCUT2D eigenvalue weighted by Crippen LogP contribution is 2.54. The first-order valence-electron chi connectivity index (χ1n) is 8.76. The summed E-state index contributed by atoms with van der Waals surface area (Å²) >= 11 is 0. The average molecular weight is 354 g/mol. The van der Waals surface area contributed by atoms with Gasteiger partial charge in [0.15, 0.2) is 0 Å². The van der Waals surface area contributed by atoms with E-state index in [1.807, 2.05) is 6.92 Å². The first-order chi connectivity index (χ1) is 11.5. The van der Waals surface area contributed by atoms with Crippen LogP contribution in [0.15, 0.2) is 0 Å². The maximum absolute atomic E-state index is 12.5. The molecule has 0 saturated carbocycles. The van der Waals surface area contributed by atoms with Gasteiger partial charge in [-0.3, -0.25) is 14.4 Å². The van der Waals surface area contributed by atoms with Gasteiger partial charge in [-0.15, -0.1) is 0 Å². The Morgan fingerprint density at radius 2 is 1.76 bits per heavy atom. The molecule has 0 spiro atoms. The first kappa shape index (κ1) is 18.2. The highest BCUT2D eigenvalue weighted by atomic mass is 16.6. The van der Waals surface area contributed by atoms with Crippen LogP contribution < -0.4 is 0 Å². The lowest BCUT2D eigenvalue weighted by atomic mass is 9.72. The van der Waals surface area contributed by atoms with Crippen LogP contribution in [-0.4, -0.2) is 47.9 Å². The van der Waals surface area contributed by atoms with Crippen LogP contribution in [-0.2, 0) is 33.3 Å². The molecule has 7 heteroatoms. The molecular formula is C18H26O7. The molecule has 0 aliphatic carbocycles. The molecule has 0 aromatic heterocycles. The van der Waals surface area contributed by atoms with Gasteiger partial charge in [-0.2, -0.15) is 0 Å². The van der Waals surface area contributed by atoms with Crippen molar-refractivity contribution in [3.63, 3.8) is 0 Å². The van der Waals surface area contributed by atoms with E-state index in [1.165, 1.54) is 6.92 Å². The summed E-state index contributed by atoms with van der Waals surface area (Å²) in [7, 11) is 0. The molecule has 6 atom stereocenters. The number of carbonyl (C=O) groups excluding carboxylic acids is 3. The molecule has 0 radical (unpaired) electrons. The second-order valence-electron chi connectivity index (χ2n) is 8.32. The van der Waals surface area contributed by atoms with E-state index >= 15 is 0 Å². The molecule has 3 fully saturated rings. The summed E-state index contributed by atoms with van der Waals surface area (Å²) in [5, 5.41) is 0. The Hall–Kier alpha value is -1.63. The maximum atomic E-state index is 12.5. The number of carbonyl (C=O) groups is 3. The van der Waals surface area contributed by atoms with Crippen LogP contribution >= 0.6 is 0 Å². The summed E-state index contributed by atoms with van der Waals surface area (Å²) in [6.07, 6.45) is -1.56. The van der Waals surface area contributed by atoms with E-state index in [1.54, 1.807) is 27.7 Å². The minimum atomic E-state index is -0.906. The smallest absolute Gasteiger partial charge is 0.316 e. The van der Waals surface area contributed by atoms with Gasteiger partial charge in [0.2, 0.25) is 0 Å². The van der Waals surface area contributed by atoms with Crippen molar-refractivity contribution in [2.24, 2.45) is 17.3 Å². The molecule has 25 heavy (non-hydrogen) atoms. The Morgan fingerprint density at radius 1 is 1.12 bits per heavy atom. The van der Waals surface area contributed by atoms with Gasteiger partial charge in [0, 0.05) is 6.92 Å². The quantitative estimate of drug-likeness (QED) is 0.547. The molecule has 3 saturated heterocycles. The average Bonchev–Trinajstić information content (AvgIpc) is 3.07. The van der Waals surface area contributed by atoms with E-state index < -0.39 is 53.3 Å². The fourth-order valence-corrected chi connectivity index (χ4v) is 4.12. The van der Waals surface area contributed by atoms with Crippen LogP contribution in [0.5, 0.6) is 0 Å². The van der Waals surface area contributed by atoms with Gasteiger partial charge in [0.1, 0.15) is 35.9 Å². The largest absolute Gasteiger partial charge is 0.459 e. The molecular weight excluding hydrogens is 328 g/mol. The van der Waals surface area contributed by atoms with E-state index in [4.69, 9.17) is 18.9 Å². The molecule has 0 aromatic carbocycles. The third-order valence-electron chi connectivity index (χ3n) is 5.79. The molecule has 7 nitrogen and oxygen atoms in total. The van der Waals surface area contributed by atoms with Crippen molar-refractivity contribution in [3.05, 3.63) is 0 Å². The summed E-state index contributed by atoms with van der Waals surface area (Å²) < 4.78 is 22.6. The highest BCUT2D eigenvalue weighted by molar-refractivity contribution is 5.80. The zero-order valence-electron chi connectivity index (χ0n) is 15.5. The number of hydrogen-bond donors (Lipinski definition) is 0. The predicted octanol–water partition coefficient (Wildman–Crippen LogP) is 1.61. The van der Waals surface area contributed by atoms with Gasteiger partial charge in [0.05, 0.1) is 11.3 Å². The summed E-state index contributed by atoms with van der Waals surface area (Å²) in [4.78, 5) is 36.3. The van der Waals surface area contributed by atoms with Gasteiger partial charge >= 0.3 is 17.9 Å². The molecule has 0 aromatic rings. The third kappa shape index (κ3) is 2.72. The second-order valence-corrected chi connectivity index (χ2v) is 8.32. The third-order valence-corrected chi connectivity index (χ3v) is 5.79. The van der Waals surface area contributed by atoms with Crippen LogP contribution in [0.4, 0.5) is 0 Å². The standard InChI is InChI=1S/C18H26O7/c1-7-17(3,4)16(21)24-12-9-11-14(23-15(9)20)10(13(12)22-11)18(5,6)25-8(2)19/h9-14H,7H2,1-6H3. The Morgan fingerprint density at radius 3 is 2.32 bits per heavy atom. The monoisotopic (exact) mass is 354 g/mol. The predicted molar refractivity (Wildman–Crippen MR) is 85.3 cm³/mol. The Bertz CT molecular complexity index is 609. The van der Waals surface area contributed by atoms with Gasteiger partial charge < -0.3 is 18.9 Å². The fourth-order valence-electron chi connectivity index (χ4n) is 4.12. The van der Waals surface area contributed by atoms with Crippen LogP contribution in [0, 0.1) is 17.3 Å². The van der Waals surface area contributed by atoms with Crippen LogP contribution in [0.2, 0.25) is 0 Å². The zero-order chi connectivity index (χ0) is 18.7. The molecule has 140 valence electrons. The van der Waals surface area contributed by atoms with Crippen molar-refractivity contribution in [3.8, 4) is 0 Å². The Labute approximate surface area is 147 Å². The van der Waals surface area contributed by atoms with Gasteiger partial charge in [-0.1, -0.05) is 6.92 Å². The van der Waals surface area contributed by atoms with Crippen molar-refractivity contribution in [1.82, 2.24) is 0 Å². The summed E-state index contributed by atoms with van der Waals surface area (Å²) in [5.41, 5.74) is -1.55. The molecule has 2 bridgehead atoms. The van der Waals surface area contributed by atoms with Crippen molar-refractivity contribution in [2.45, 2.75) is 78.0 Å². The SMILES string of the molecule is CCC(C)(C)C(=O)OC1C2OC3C(OC(=O)C31)C2C(C)(C)OC(C)=O. The van der Waals surface area contributed by atoms with Gasteiger partial charge in [-0.25, -0.2) is 0 Å². The molecule has 3 aliphatic rings. The molecule has 3 aliphatic heterocycles. The number of fused-ring (bicyclic) bond motifs is 1. The van der Waals surface area contributed by atoms with E-state index in [0.717, 1.165) is 0 Å². The first-order valence-corrected chi connectivity index (χ1v) is 8.76. The fraction of sp³-hybridized carbons (Fsp3) is 0.833. The zero-order valence-corrected chi connectivity index (χ0v) is 15.5. The number of esters is 3. The van der Waals surface area contributed by atoms with E-state index in [0.29, 0.717) is 6.42 Å². The maximum Gasteiger partial charge on any atom is 0.316 e. The highest BCUT2D eigenvalue weighted by Gasteiger charge is 2.73. The summed E-state index contributed by atoms with van der Waals surface area (Å²) in [5.74, 6) is -2.18. The minimum absolute atomic E-state index is 0.364. The summed E-state index contributed by atoms with van der Waals surface area (Å²) in [6.45, 7) is 10.4. The van der Waals surface area contributed by atoms with Gasteiger partial charge in [0.25, 0.3) is 0 Å². The normalized spacial score (nSPS) is 36.3. The van der Waals surface area contributed by atoms with Crippen LogP contribution in [0.3, 0.4) is 0 Å². The minimum Gasteiger partial charge on any atom is -0.459 e. The number of ether oxygens (including phenoxy) is 4. The lowest BCUT2D eigenvalue weighted by Gasteiger charge is -2.39. The number of rotatable bonds is 5. The molecule has 0 amide bonds. The number of hydrogen-bond acceptors (Lipinski definition) is 7. The molecule has 3 rings (SSSR count). The van der Waals surface area contributed by atoms with E-state index in [2.05, 4.69) is 0 Å². The second kappa shape index (κ2) is 5.69. The van der Waals surface area contributed by atoms with Crippen molar-refractivity contribution in [2.75, 3.05) is 0 Å². The Kier molecular flexibility index (Phi) is 4.14. The lowest BCUT2D eigenvalue weighted by molar-refractivity contribution is -0.175. The topological polar surface area (TPSA) is 88.1 Å².